The number of aromatic nitrogens is 2. The Kier molecular flexibility index (Phi) is 4.45. The van der Waals surface area contributed by atoms with Crippen LogP contribution in [0.15, 0.2) is 24.3 Å². The Labute approximate surface area is 121 Å². The summed E-state index contributed by atoms with van der Waals surface area (Å²) in [6.07, 6.45) is 0. The largest absolute Gasteiger partial charge is 0.327 e. The molecule has 20 heavy (non-hydrogen) atoms. The van der Waals surface area contributed by atoms with Gasteiger partial charge in [-0.25, -0.2) is 0 Å². The molecule has 4 nitrogen and oxygen atoms in total. The molecule has 0 aliphatic heterocycles. The van der Waals surface area contributed by atoms with Crippen molar-refractivity contribution in [3.8, 4) is 0 Å². The van der Waals surface area contributed by atoms with Crippen molar-refractivity contribution in [3.63, 3.8) is 0 Å². The van der Waals surface area contributed by atoms with Gasteiger partial charge in [-0.15, -0.1) is 0 Å². The van der Waals surface area contributed by atoms with Gasteiger partial charge in [-0.2, -0.15) is 5.10 Å². The van der Waals surface area contributed by atoms with Crippen LogP contribution in [-0.2, 0) is 13.6 Å². The number of benzene rings is 1. The Bertz CT molecular complexity index is 586. The predicted octanol–water partition coefficient (Wildman–Crippen LogP) is 2.91. The van der Waals surface area contributed by atoms with E-state index in [-0.39, 0.29) is 0 Å². The first kappa shape index (κ1) is 14.6. The predicted molar refractivity (Wildman–Crippen MR) is 84.6 cm³/mol. The van der Waals surface area contributed by atoms with Crippen LogP contribution in [0.2, 0.25) is 0 Å². The Morgan fingerprint density at radius 3 is 2.65 bits per heavy atom. The molecule has 0 spiro atoms. The molecular formula is C16H24N4. The smallest absolute Gasteiger partial charge is 0.135 e. The zero-order chi connectivity index (χ0) is 14.7. The second-order valence-corrected chi connectivity index (χ2v) is 5.12. The topological polar surface area (TPSA) is 33.1 Å². The first-order valence-electron chi connectivity index (χ1n) is 7.09. The highest BCUT2D eigenvalue weighted by atomic mass is 15.4. The van der Waals surface area contributed by atoms with Crippen LogP contribution in [-0.4, -0.2) is 23.4 Å². The zero-order valence-electron chi connectivity index (χ0n) is 13.1. The Hall–Kier alpha value is -1.81. The van der Waals surface area contributed by atoms with Gasteiger partial charge in [-0.05, 0) is 45.5 Å². The number of nitrogens with zero attached hydrogens (tertiary/aromatic N) is 3. The van der Waals surface area contributed by atoms with E-state index in [1.807, 2.05) is 18.8 Å². The lowest BCUT2D eigenvalue weighted by Crippen LogP contribution is -2.21. The Morgan fingerprint density at radius 2 is 2.05 bits per heavy atom. The quantitative estimate of drug-likeness (QED) is 0.908. The van der Waals surface area contributed by atoms with Gasteiger partial charge in [0.05, 0.1) is 5.69 Å². The van der Waals surface area contributed by atoms with Gasteiger partial charge in [0.2, 0.25) is 0 Å². The van der Waals surface area contributed by atoms with Crippen LogP contribution in [0.5, 0.6) is 0 Å². The first-order valence-corrected chi connectivity index (χ1v) is 7.09. The van der Waals surface area contributed by atoms with E-state index in [1.165, 1.54) is 22.6 Å². The molecule has 4 heteroatoms. The van der Waals surface area contributed by atoms with Crippen molar-refractivity contribution >= 4 is 11.5 Å². The summed E-state index contributed by atoms with van der Waals surface area (Å²) in [6, 6.07) is 8.60. The summed E-state index contributed by atoms with van der Waals surface area (Å²) in [5.41, 5.74) is 4.84. The second-order valence-electron chi connectivity index (χ2n) is 5.12. The lowest BCUT2D eigenvalue weighted by molar-refractivity contribution is 0.739. The van der Waals surface area contributed by atoms with E-state index >= 15 is 0 Å². The Balaban J connectivity index is 2.52. The van der Waals surface area contributed by atoms with E-state index in [0.717, 1.165) is 18.8 Å². The fourth-order valence-corrected chi connectivity index (χ4v) is 2.66. The fraction of sp³-hybridized carbons (Fsp3) is 0.438. The van der Waals surface area contributed by atoms with Crippen molar-refractivity contribution in [2.45, 2.75) is 27.3 Å². The van der Waals surface area contributed by atoms with Gasteiger partial charge in [0.25, 0.3) is 0 Å². The average molecular weight is 272 g/mol. The molecule has 0 radical (unpaired) electrons. The molecule has 0 aliphatic carbocycles. The third-order valence-corrected chi connectivity index (χ3v) is 3.55. The van der Waals surface area contributed by atoms with Crippen LogP contribution < -0.4 is 10.2 Å². The van der Waals surface area contributed by atoms with Crippen molar-refractivity contribution in [1.29, 1.82) is 0 Å². The summed E-state index contributed by atoms with van der Waals surface area (Å²) < 4.78 is 1.98. The second kappa shape index (κ2) is 6.09. The summed E-state index contributed by atoms with van der Waals surface area (Å²) in [7, 11) is 3.99. The molecule has 0 bridgehead atoms. The molecule has 108 valence electrons. The van der Waals surface area contributed by atoms with Crippen LogP contribution in [0.3, 0.4) is 0 Å². The van der Waals surface area contributed by atoms with E-state index in [9.17, 15) is 0 Å². The lowest BCUT2D eigenvalue weighted by Gasteiger charge is -2.25. The summed E-state index contributed by atoms with van der Waals surface area (Å²) in [6.45, 7) is 8.12. The maximum Gasteiger partial charge on any atom is 0.135 e. The molecule has 1 heterocycles. The van der Waals surface area contributed by atoms with Gasteiger partial charge in [-0.3, -0.25) is 4.68 Å². The van der Waals surface area contributed by atoms with Gasteiger partial charge in [-0.1, -0.05) is 12.1 Å². The number of aryl methyl sites for hydroxylation is 3. The summed E-state index contributed by atoms with van der Waals surface area (Å²) in [5.74, 6) is 1.17. The van der Waals surface area contributed by atoms with Crippen molar-refractivity contribution in [2.75, 3.05) is 18.5 Å². The number of anilines is 2. The molecule has 0 saturated carbocycles. The average Bonchev–Trinajstić information content (AvgIpc) is 2.67. The highest BCUT2D eigenvalue weighted by Gasteiger charge is 2.19. The van der Waals surface area contributed by atoms with Gasteiger partial charge in [0.15, 0.2) is 0 Å². The van der Waals surface area contributed by atoms with Crippen molar-refractivity contribution in [1.82, 2.24) is 15.1 Å². The third-order valence-electron chi connectivity index (χ3n) is 3.55. The van der Waals surface area contributed by atoms with Crippen LogP contribution in [0.4, 0.5) is 11.5 Å². The molecule has 1 N–H and O–H groups in total. The van der Waals surface area contributed by atoms with Crippen molar-refractivity contribution < 1.29 is 0 Å². The molecule has 0 amide bonds. The minimum Gasteiger partial charge on any atom is -0.327 e. The molecule has 2 aromatic rings. The minimum atomic E-state index is 0.831. The third kappa shape index (κ3) is 2.70. The van der Waals surface area contributed by atoms with Crippen LogP contribution in [0, 0.1) is 13.8 Å². The minimum absolute atomic E-state index is 0.831. The normalized spacial score (nSPS) is 10.8. The van der Waals surface area contributed by atoms with E-state index < -0.39 is 0 Å². The van der Waals surface area contributed by atoms with Crippen LogP contribution in [0.25, 0.3) is 0 Å². The number of rotatable bonds is 5. The number of nitrogens with one attached hydrogen (secondary N) is 1. The maximum absolute atomic E-state index is 4.58. The fourth-order valence-electron chi connectivity index (χ4n) is 2.66. The Morgan fingerprint density at radius 1 is 1.30 bits per heavy atom. The van der Waals surface area contributed by atoms with Crippen LogP contribution >= 0.6 is 0 Å². The monoisotopic (exact) mass is 272 g/mol. The molecule has 0 fully saturated rings. The number of hydrogen-bond donors (Lipinski definition) is 1. The summed E-state index contributed by atoms with van der Waals surface area (Å²) in [4.78, 5) is 2.32. The molecule has 0 unspecified atom stereocenters. The maximum atomic E-state index is 4.58. The van der Waals surface area contributed by atoms with E-state index in [0.29, 0.717) is 0 Å². The highest BCUT2D eigenvalue weighted by Crippen LogP contribution is 2.30. The standard InChI is InChI=1S/C16H24N4/c1-6-20(14-9-7-8-12(2)10-14)16-15(11-17-4)13(3)18-19(16)5/h7-10,17H,6,11H2,1-5H3. The van der Waals surface area contributed by atoms with Gasteiger partial charge in [0.1, 0.15) is 5.82 Å². The van der Waals surface area contributed by atoms with E-state index in [1.54, 1.807) is 0 Å². The molecule has 0 saturated heterocycles. The lowest BCUT2D eigenvalue weighted by atomic mass is 10.1. The molecule has 0 atom stereocenters. The molecular weight excluding hydrogens is 248 g/mol. The highest BCUT2D eigenvalue weighted by molar-refractivity contribution is 5.64. The molecule has 0 aliphatic rings. The van der Waals surface area contributed by atoms with Gasteiger partial charge in [0, 0.05) is 31.4 Å². The van der Waals surface area contributed by atoms with Crippen molar-refractivity contribution in [2.24, 2.45) is 7.05 Å². The van der Waals surface area contributed by atoms with Crippen molar-refractivity contribution in [3.05, 3.63) is 41.1 Å². The SMILES string of the molecule is CCN(c1cccc(C)c1)c1c(CNC)c(C)nn1C. The number of hydrogen-bond acceptors (Lipinski definition) is 3. The van der Waals surface area contributed by atoms with Gasteiger partial charge >= 0.3 is 0 Å². The first-order chi connectivity index (χ1) is 9.58. The van der Waals surface area contributed by atoms with Gasteiger partial charge < -0.3 is 10.2 Å². The van der Waals surface area contributed by atoms with Crippen LogP contribution in [0.1, 0.15) is 23.7 Å². The summed E-state index contributed by atoms with van der Waals surface area (Å²) >= 11 is 0. The van der Waals surface area contributed by atoms with E-state index in [2.05, 4.69) is 60.4 Å². The molecule has 1 aromatic heterocycles. The molecule has 2 rings (SSSR count). The van der Waals surface area contributed by atoms with E-state index in [4.69, 9.17) is 0 Å². The zero-order valence-corrected chi connectivity index (χ0v) is 13.1. The summed E-state index contributed by atoms with van der Waals surface area (Å²) in [5, 5.41) is 7.82. The molecule has 1 aromatic carbocycles.